The Bertz CT molecular complexity index is 1090. The van der Waals surface area contributed by atoms with Crippen LogP contribution in [0.25, 0.3) is 22.2 Å². The van der Waals surface area contributed by atoms with Gasteiger partial charge in [0.1, 0.15) is 0 Å². The number of hydrogen-bond donors (Lipinski definition) is 1. The van der Waals surface area contributed by atoms with Gasteiger partial charge >= 0.3 is 0 Å². The number of amides is 1. The SMILES string of the molecule is Cc1ncc(-c2ccc3cnc(NC(=O)[C@H]4CC[C@H](N(C)C5COC5)CC4)nc3c2)o1. The van der Waals surface area contributed by atoms with E-state index in [1.807, 2.05) is 25.1 Å². The summed E-state index contributed by atoms with van der Waals surface area (Å²) in [5.41, 5.74) is 1.65. The molecular weight excluding hydrogens is 394 g/mol. The number of nitrogens with zero attached hydrogens (tertiary/aromatic N) is 4. The second kappa shape index (κ2) is 8.36. The summed E-state index contributed by atoms with van der Waals surface area (Å²) in [6.07, 6.45) is 7.27. The molecule has 3 heterocycles. The quantitative estimate of drug-likeness (QED) is 0.675. The third-order valence-electron chi connectivity index (χ3n) is 6.56. The summed E-state index contributed by atoms with van der Waals surface area (Å²) >= 11 is 0. The van der Waals surface area contributed by atoms with Crippen LogP contribution in [0.1, 0.15) is 31.6 Å². The highest BCUT2D eigenvalue weighted by molar-refractivity contribution is 5.92. The summed E-state index contributed by atoms with van der Waals surface area (Å²) in [7, 11) is 2.18. The van der Waals surface area contributed by atoms with Crippen LogP contribution in [0, 0.1) is 12.8 Å². The van der Waals surface area contributed by atoms with Crippen molar-refractivity contribution in [1.82, 2.24) is 19.9 Å². The molecule has 31 heavy (non-hydrogen) atoms. The van der Waals surface area contributed by atoms with Crippen LogP contribution in [0.3, 0.4) is 0 Å². The van der Waals surface area contributed by atoms with Crippen LogP contribution in [-0.2, 0) is 9.53 Å². The van der Waals surface area contributed by atoms with Gasteiger partial charge in [-0.25, -0.2) is 15.0 Å². The van der Waals surface area contributed by atoms with E-state index in [-0.39, 0.29) is 11.8 Å². The summed E-state index contributed by atoms with van der Waals surface area (Å²) in [6, 6.07) is 6.89. The number of oxazole rings is 1. The Morgan fingerprint density at radius 2 is 1.90 bits per heavy atom. The van der Waals surface area contributed by atoms with Gasteiger partial charge in [0, 0.05) is 36.0 Å². The van der Waals surface area contributed by atoms with E-state index in [2.05, 4.69) is 32.2 Å². The van der Waals surface area contributed by atoms with Crippen LogP contribution in [-0.4, -0.2) is 58.1 Å². The molecule has 2 aliphatic rings. The third-order valence-corrected chi connectivity index (χ3v) is 6.56. The number of nitrogens with one attached hydrogen (secondary N) is 1. The number of hydrogen-bond acceptors (Lipinski definition) is 7. The van der Waals surface area contributed by atoms with Crippen LogP contribution >= 0.6 is 0 Å². The zero-order valence-corrected chi connectivity index (χ0v) is 17.9. The van der Waals surface area contributed by atoms with Crippen molar-refractivity contribution in [3.63, 3.8) is 0 Å². The second-order valence-corrected chi connectivity index (χ2v) is 8.56. The summed E-state index contributed by atoms with van der Waals surface area (Å²) in [5, 5.41) is 3.83. The Labute approximate surface area is 181 Å². The van der Waals surface area contributed by atoms with E-state index in [1.54, 1.807) is 12.4 Å². The Morgan fingerprint density at radius 3 is 2.58 bits per heavy atom. The van der Waals surface area contributed by atoms with Gasteiger partial charge in [-0.05, 0) is 38.8 Å². The van der Waals surface area contributed by atoms with E-state index in [4.69, 9.17) is 9.15 Å². The van der Waals surface area contributed by atoms with Crippen LogP contribution < -0.4 is 5.32 Å². The molecule has 5 rings (SSSR count). The highest BCUT2D eigenvalue weighted by Gasteiger charge is 2.33. The van der Waals surface area contributed by atoms with Gasteiger partial charge in [-0.1, -0.05) is 12.1 Å². The Morgan fingerprint density at radius 1 is 1.10 bits per heavy atom. The van der Waals surface area contributed by atoms with Crippen molar-refractivity contribution >= 4 is 22.8 Å². The van der Waals surface area contributed by atoms with E-state index in [1.165, 1.54) is 0 Å². The minimum Gasteiger partial charge on any atom is -0.441 e. The molecule has 1 N–H and O–H groups in total. The molecule has 2 fully saturated rings. The zero-order valence-electron chi connectivity index (χ0n) is 17.9. The molecular formula is C23H27N5O3. The summed E-state index contributed by atoms with van der Waals surface area (Å²) in [6.45, 7) is 3.47. The van der Waals surface area contributed by atoms with E-state index < -0.39 is 0 Å². The molecule has 1 amide bonds. The van der Waals surface area contributed by atoms with Gasteiger partial charge in [0.2, 0.25) is 11.9 Å². The molecule has 8 nitrogen and oxygen atoms in total. The Balaban J connectivity index is 1.24. The van der Waals surface area contributed by atoms with Crippen molar-refractivity contribution in [3.8, 4) is 11.3 Å². The first-order valence-electron chi connectivity index (χ1n) is 10.9. The van der Waals surface area contributed by atoms with Gasteiger partial charge in [0.25, 0.3) is 0 Å². The highest BCUT2D eigenvalue weighted by Crippen LogP contribution is 2.30. The normalized spacial score (nSPS) is 21.9. The molecule has 0 atom stereocenters. The Hall–Kier alpha value is -2.84. The number of carbonyl (C=O) groups is 1. The topological polar surface area (TPSA) is 93.4 Å². The maximum atomic E-state index is 12.8. The lowest BCUT2D eigenvalue weighted by Crippen LogP contribution is -2.52. The molecule has 1 aliphatic heterocycles. The Kier molecular flexibility index (Phi) is 5.41. The number of fused-ring (bicyclic) bond motifs is 1. The predicted octanol–water partition coefficient (Wildman–Crippen LogP) is 3.42. The van der Waals surface area contributed by atoms with E-state index in [9.17, 15) is 4.79 Å². The predicted molar refractivity (Wildman–Crippen MR) is 117 cm³/mol. The molecule has 2 aromatic heterocycles. The lowest BCUT2D eigenvalue weighted by Gasteiger charge is -2.42. The lowest BCUT2D eigenvalue weighted by atomic mass is 9.84. The van der Waals surface area contributed by atoms with Crippen molar-refractivity contribution in [2.45, 2.75) is 44.7 Å². The number of likely N-dealkylation sites (N-methyl/N-ethyl adjacent to an activating group) is 1. The van der Waals surface area contributed by atoms with Crippen LogP contribution in [0.5, 0.6) is 0 Å². The van der Waals surface area contributed by atoms with E-state index in [0.717, 1.165) is 55.4 Å². The summed E-state index contributed by atoms with van der Waals surface area (Å²) < 4.78 is 10.9. The number of aryl methyl sites for hydroxylation is 1. The van der Waals surface area contributed by atoms with Gasteiger partial charge in [-0.3, -0.25) is 15.0 Å². The number of anilines is 1. The van der Waals surface area contributed by atoms with Gasteiger partial charge in [0.05, 0.1) is 31.0 Å². The van der Waals surface area contributed by atoms with Crippen LogP contribution in [0.2, 0.25) is 0 Å². The standard InChI is InChI=1S/C23H27N5O3/c1-14-24-11-21(31-14)16-3-4-17-10-25-23(26-20(17)9-16)27-22(29)15-5-7-18(8-6-15)28(2)19-12-30-13-19/h3-4,9-11,15,18-19H,5-8,12-13H2,1-2H3,(H,25,26,27,29)/t15-,18-. The highest BCUT2D eigenvalue weighted by atomic mass is 16.5. The molecule has 0 radical (unpaired) electrons. The van der Waals surface area contributed by atoms with Crippen molar-refractivity contribution in [3.05, 3.63) is 36.5 Å². The lowest BCUT2D eigenvalue weighted by molar-refractivity contribution is -0.121. The fourth-order valence-corrected chi connectivity index (χ4v) is 4.45. The second-order valence-electron chi connectivity index (χ2n) is 8.56. The summed E-state index contributed by atoms with van der Waals surface area (Å²) in [4.78, 5) is 28.3. The van der Waals surface area contributed by atoms with Gasteiger partial charge in [-0.15, -0.1) is 0 Å². The van der Waals surface area contributed by atoms with E-state index >= 15 is 0 Å². The first-order chi connectivity index (χ1) is 15.1. The average molecular weight is 422 g/mol. The molecule has 3 aromatic rings. The maximum absolute atomic E-state index is 12.8. The summed E-state index contributed by atoms with van der Waals surface area (Å²) in [5.74, 6) is 1.67. The smallest absolute Gasteiger partial charge is 0.229 e. The van der Waals surface area contributed by atoms with Crippen molar-refractivity contribution < 1.29 is 13.9 Å². The third kappa shape index (κ3) is 4.18. The van der Waals surface area contributed by atoms with Crippen molar-refractivity contribution in [2.75, 3.05) is 25.6 Å². The van der Waals surface area contributed by atoms with Crippen molar-refractivity contribution in [1.29, 1.82) is 0 Å². The largest absolute Gasteiger partial charge is 0.441 e. The van der Waals surface area contributed by atoms with Gasteiger partial charge in [-0.2, -0.15) is 0 Å². The fourth-order valence-electron chi connectivity index (χ4n) is 4.45. The number of benzene rings is 1. The maximum Gasteiger partial charge on any atom is 0.229 e. The van der Waals surface area contributed by atoms with Crippen LogP contribution in [0.4, 0.5) is 5.95 Å². The molecule has 0 bridgehead atoms. The fraction of sp³-hybridized carbons (Fsp3) is 0.478. The first kappa shape index (κ1) is 20.1. The molecule has 1 saturated heterocycles. The number of aromatic nitrogens is 3. The zero-order chi connectivity index (χ0) is 21.4. The average Bonchev–Trinajstić information content (AvgIpc) is 3.18. The number of ether oxygens (including phenoxy) is 1. The molecule has 0 spiro atoms. The monoisotopic (exact) mass is 421 g/mol. The van der Waals surface area contributed by atoms with Crippen LogP contribution in [0.15, 0.2) is 35.0 Å². The molecule has 8 heteroatoms. The van der Waals surface area contributed by atoms with E-state index in [0.29, 0.717) is 29.7 Å². The molecule has 1 saturated carbocycles. The molecule has 162 valence electrons. The first-order valence-corrected chi connectivity index (χ1v) is 10.9. The molecule has 0 unspecified atom stereocenters. The number of rotatable bonds is 5. The minimum absolute atomic E-state index is 0.00471. The molecule has 1 aliphatic carbocycles. The van der Waals surface area contributed by atoms with Gasteiger partial charge in [0.15, 0.2) is 11.7 Å². The number of carbonyl (C=O) groups excluding carboxylic acids is 1. The minimum atomic E-state index is 0.00471. The van der Waals surface area contributed by atoms with Crippen molar-refractivity contribution in [2.24, 2.45) is 5.92 Å². The molecule has 1 aromatic carbocycles. The van der Waals surface area contributed by atoms with Gasteiger partial charge < -0.3 is 9.15 Å².